The lowest BCUT2D eigenvalue weighted by Gasteiger charge is -2.21. The Kier molecular flexibility index (Phi) is 4.65. The van der Waals surface area contributed by atoms with E-state index in [4.69, 9.17) is 4.42 Å². The molecule has 7 nitrogen and oxygen atoms in total. The lowest BCUT2D eigenvalue weighted by molar-refractivity contribution is -0.116. The number of rotatable bonds is 5. The van der Waals surface area contributed by atoms with Gasteiger partial charge in [0.2, 0.25) is 17.7 Å². The number of carbonyl (C=O) groups excluding carboxylic acids is 2. The molecule has 0 spiro atoms. The van der Waals surface area contributed by atoms with E-state index in [-0.39, 0.29) is 11.8 Å². The van der Waals surface area contributed by atoms with Crippen molar-refractivity contribution in [2.24, 2.45) is 0 Å². The van der Waals surface area contributed by atoms with Crippen LogP contribution in [-0.2, 0) is 4.79 Å². The van der Waals surface area contributed by atoms with Crippen molar-refractivity contribution in [3.8, 4) is 11.5 Å². The molecular formula is C21H20N4O3. The van der Waals surface area contributed by atoms with E-state index in [0.29, 0.717) is 34.6 Å². The summed E-state index contributed by atoms with van der Waals surface area (Å²) in [5, 5.41) is 10.7. The molecule has 0 saturated heterocycles. The maximum Gasteiger partial charge on any atom is 0.255 e. The molecule has 1 fully saturated rings. The van der Waals surface area contributed by atoms with Crippen LogP contribution in [0.15, 0.2) is 52.9 Å². The van der Waals surface area contributed by atoms with Gasteiger partial charge >= 0.3 is 0 Å². The van der Waals surface area contributed by atoms with Gasteiger partial charge in [-0.25, -0.2) is 0 Å². The fraction of sp³-hybridized carbons (Fsp3) is 0.238. The summed E-state index contributed by atoms with van der Waals surface area (Å²) in [6.07, 6.45) is 2.07. The molecule has 0 atom stereocenters. The van der Waals surface area contributed by atoms with Crippen LogP contribution < -0.4 is 10.2 Å². The molecule has 1 aromatic heterocycles. The molecule has 1 aliphatic carbocycles. The van der Waals surface area contributed by atoms with Gasteiger partial charge in [-0.2, -0.15) is 0 Å². The molecule has 2 aromatic carbocycles. The molecule has 28 heavy (non-hydrogen) atoms. The minimum atomic E-state index is -0.239. The summed E-state index contributed by atoms with van der Waals surface area (Å²) in [6, 6.07) is 14.6. The fourth-order valence-corrected chi connectivity index (χ4v) is 3.10. The van der Waals surface area contributed by atoms with Gasteiger partial charge in [-0.05, 0) is 55.3 Å². The molecule has 1 aliphatic rings. The first-order chi connectivity index (χ1) is 13.5. The molecule has 0 aliphatic heterocycles. The topological polar surface area (TPSA) is 88.3 Å². The maximum atomic E-state index is 12.6. The number of hydrogen-bond acceptors (Lipinski definition) is 5. The third kappa shape index (κ3) is 3.78. The van der Waals surface area contributed by atoms with Crippen molar-refractivity contribution in [2.45, 2.75) is 32.7 Å². The molecule has 142 valence electrons. The predicted octanol–water partition coefficient (Wildman–Crippen LogP) is 3.81. The summed E-state index contributed by atoms with van der Waals surface area (Å²) >= 11 is 0. The van der Waals surface area contributed by atoms with E-state index >= 15 is 0 Å². The number of benzene rings is 2. The van der Waals surface area contributed by atoms with Gasteiger partial charge in [-0.15, -0.1) is 10.2 Å². The van der Waals surface area contributed by atoms with E-state index in [1.807, 2.05) is 23.1 Å². The molecule has 1 N–H and O–H groups in total. The van der Waals surface area contributed by atoms with Gasteiger partial charge in [-0.3, -0.25) is 9.59 Å². The van der Waals surface area contributed by atoms with E-state index < -0.39 is 0 Å². The average Bonchev–Trinajstić information content (AvgIpc) is 3.42. The Morgan fingerprint density at radius 3 is 2.46 bits per heavy atom. The quantitative estimate of drug-likeness (QED) is 0.731. The van der Waals surface area contributed by atoms with E-state index in [0.717, 1.165) is 18.5 Å². The van der Waals surface area contributed by atoms with E-state index in [9.17, 15) is 9.59 Å². The first-order valence-corrected chi connectivity index (χ1v) is 9.13. The van der Waals surface area contributed by atoms with Crippen molar-refractivity contribution in [3.05, 3.63) is 60.0 Å². The lowest BCUT2D eigenvalue weighted by atomic mass is 10.1. The van der Waals surface area contributed by atoms with Gasteiger partial charge in [0, 0.05) is 42.4 Å². The van der Waals surface area contributed by atoms with E-state index in [1.165, 1.54) is 0 Å². The van der Waals surface area contributed by atoms with Crippen LogP contribution in [0.3, 0.4) is 0 Å². The molecule has 1 heterocycles. The van der Waals surface area contributed by atoms with Crippen molar-refractivity contribution in [3.63, 3.8) is 0 Å². The van der Waals surface area contributed by atoms with Crippen molar-refractivity contribution in [1.29, 1.82) is 0 Å². The van der Waals surface area contributed by atoms with Crippen molar-refractivity contribution >= 4 is 23.2 Å². The Hall–Kier alpha value is -3.48. The highest BCUT2D eigenvalue weighted by Gasteiger charge is 2.31. The zero-order valence-corrected chi connectivity index (χ0v) is 15.7. The Balaban J connectivity index is 1.48. The van der Waals surface area contributed by atoms with Crippen LogP contribution in [-0.4, -0.2) is 28.1 Å². The first kappa shape index (κ1) is 17.9. The number of hydrogen-bond donors (Lipinski definition) is 1. The van der Waals surface area contributed by atoms with Gasteiger partial charge in [0.1, 0.15) is 0 Å². The van der Waals surface area contributed by atoms with Crippen LogP contribution in [0.2, 0.25) is 0 Å². The van der Waals surface area contributed by atoms with Crippen molar-refractivity contribution in [2.75, 3.05) is 10.2 Å². The predicted molar refractivity (Wildman–Crippen MR) is 105 cm³/mol. The van der Waals surface area contributed by atoms with Crippen molar-refractivity contribution < 1.29 is 14.0 Å². The van der Waals surface area contributed by atoms with Gasteiger partial charge in [-0.1, -0.05) is 6.07 Å². The maximum absolute atomic E-state index is 12.6. The Morgan fingerprint density at radius 1 is 1.11 bits per heavy atom. The number of aromatic nitrogens is 2. The smallest absolute Gasteiger partial charge is 0.255 e. The highest BCUT2D eigenvalue weighted by molar-refractivity contribution is 6.05. The molecular weight excluding hydrogens is 356 g/mol. The van der Waals surface area contributed by atoms with Crippen LogP contribution in [0.4, 0.5) is 11.4 Å². The number of carbonyl (C=O) groups is 2. The molecule has 1 saturated carbocycles. The zero-order valence-electron chi connectivity index (χ0n) is 15.7. The molecule has 0 bridgehead atoms. The second-order valence-electron chi connectivity index (χ2n) is 6.83. The molecule has 0 radical (unpaired) electrons. The van der Waals surface area contributed by atoms with Crippen LogP contribution in [0.1, 0.15) is 36.0 Å². The summed E-state index contributed by atoms with van der Waals surface area (Å²) < 4.78 is 5.42. The third-order valence-corrected chi connectivity index (χ3v) is 4.55. The first-order valence-electron chi connectivity index (χ1n) is 9.13. The fourth-order valence-electron chi connectivity index (χ4n) is 3.10. The molecule has 7 heteroatoms. The normalized spacial score (nSPS) is 13.2. The lowest BCUT2D eigenvalue weighted by Crippen LogP contribution is -2.30. The molecule has 4 rings (SSSR count). The van der Waals surface area contributed by atoms with Crippen LogP contribution >= 0.6 is 0 Å². The Bertz CT molecular complexity index is 1020. The number of nitrogens with one attached hydrogen (secondary N) is 1. The highest BCUT2D eigenvalue weighted by Crippen LogP contribution is 2.32. The summed E-state index contributed by atoms with van der Waals surface area (Å²) in [6.45, 7) is 3.29. The van der Waals surface area contributed by atoms with Gasteiger partial charge in [0.25, 0.3) is 5.91 Å². The standard InChI is InChI=1S/C21H20N4O3/c1-13-23-24-21(28-13)16-5-3-4-15(12-16)20(27)22-17-6-8-18(9-7-17)25(14(2)26)19-10-11-19/h3-9,12,19H,10-11H2,1-2H3,(H,22,27). The molecule has 0 unspecified atom stereocenters. The van der Waals surface area contributed by atoms with Gasteiger partial charge in [0.15, 0.2) is 0 Å². The van der Waals surface area contributed by atoms with E-state index in [2.05, 4.69) is 15.5 Å². The Labute approximate surface area is 162 Å². The number of anilines is 2. The highest BCUT2D eigenvalue weighted by atomic mass is 16.4. The molecule has 3 aromatic rings. The number of nitrogens with zero attached hydrogens (tertiary/aromatic N) is 3. The van der Waals surface area contributed by atoms with Gasteiger partial charge in [0.05, 0.1) is 0 Å². The summed E-state index contributed by atoms with van der Waals surface area (Å²) in [7, 11) is 0. The third-order valence-electron chi connectivity index (χ3n) is 4.55. The van der Waals surface area contributed by atoms with Crippen LogP contribution in [0.5, 0.6) is 0 Å². The zero-order chi connectivity index (χ0) is 19.7. The summed E-state index contributed by atoms with van der Waals surface area (Å²) in [5.74, 6) is 0.639. The SMILES string of the molecule is CC(=O)N(c1ccc(NC(=O)c2cccc(-c3nnc(C)o3)c2)cc1)C1CC1. The monoisotopic (exact) mass is 376 g/mol. The van der Waals surface area contributed by atoms with Crippen LogP contribution in [0.25, 0.3) is 11.5 Å². The minimum absolute atomic E-state index is 0.0346. The van der Waals surface area contributed by atoms with E-state index in [1.54, 1.807) is 44.2 Å². The molecule has 2 amide bonds. The summed E-state index contributed by atoms with van der Waals surface area (Å²) in [4.78, 5) is 26.3. The second-order valence-corrected chi connectivity index (χ2v) is 6.83. The van der Waals surface area contributed by atoms with Crippen LogP contribution in [0, 0.1) is 6.92 Å². The summed E-state index contributed by atoms with van der Waals surface area (Å²) in [5.41, 5.74) is 2.68. The Morgan fingerprint density at radius 2 is 1.86 bits per heavy atom. The van der Waals surface area contributed by atoms with Crippen molar-refractivity contribution in [1.82, 2.24) is 10.2 Å². The largest absolute Gasteiger partial charge is 0.421 e. The average molecular weight is 376 g/mol. The van der Waals surface area contributed by atoms with Gasteiger partial charge < -0.3 is 14.6 Å². The minimum Gasteiger partial charge on any atom is -0.421 e. The number of amides is 2. The number of aryl methyl sites for hydroxylation is 1. The second kappa shape index (κ2) is 7.26.